The molecule has 4 unspecified atom stereocenters. The number of halogens is 12. The number of carbonyl (C=O) groups excluding carboxylic acids is 2. The summed E-state index contributed by atoms with van der Waals surface area (Å²) in [5.74, 6) is -5.30. The number of rotatable bonds is 8. The first kappa shape index (κ1) is 40.0. The first-order valence-electron chi connectivity index (χ1n) is 13.4. The van der Waals surface area contributed by atoms with Gasteiger partial charge in [-0.2, -0.15) is 52.7 Å². The number of fused-ring (bicyclic) bond motifs is 2. The molecule has 2 bridgehead atoms. The molecule has 0 aromatic heterocycles. The van der Waals surface area contributed by atoms with Gasteiger partial charge in [-0.3, -0.25) is 9.59 Å². The summed E-state index contributed by atoms with van der Waals surface area (Å²) in [7, 11) is 0. The molecule has 2 N–H and O–H groups in total. The summed E-state index contributed by atoms with van der Waals surface area (Å²) in [5, 5.41) is 18.3. The summed E-state index contributed by atoms with van der Waals surface area (Å²) in [6, 6.07) is 0. The van der Waals surface area contributed by atoms with Crippen molar-refractivity contribution in [2.24, 2.45) is 28.6 Å². The summed E-state index contributed by atoms with van der Waals surface area (Å²) in [6.45, 7) is 7.01. The van der Waals surface area contributed by atoms with Crippen molar-refractivity contribution in [2.45, 2.75) is 116 Å². The number of hydrogen-bond acceptors (Lipinski definition) is 6. The maximum absolute atomic E-state index is 13.0. The highest BCUT2D eigenvalue weighted by Crippen LogP contribution is 2.60. The monoisotopic (exact) mass is 672 g/mol. The fraction of sp³-hybridized carbons (Fsp3) is 0.923. The van der Waals surface area contributed by atoms with Gasteiger partial charge in [-0.25, -0.2) is 0 Å². The molecule has 44 heavy (non-hydrogen) atoms. The smallest absolute Gasteiger partial charge is 0.429 e. The number of esters is 2. The average Bonchev–Trinajstić information content (AvgIpc) is 3.44. The van der Waals surface area contributed by atoms with Crippen LogP contribution in [0.25, 0.3) is 0 Å². The van der Waals surface area contributed by atoms with Crippen molar-refractivity contribution >= 4 is 11.9 Å². The van der Waals surface area contributed by atoms with Crippen LogP contribution in [-0.2, 0) is 19.1 Å². The quantitative estimate of drug-likeness (QED) is 0.212. The predicted molar refractivity (Wildman–Crippen MR) is 127 cm³/mol. The second-order valence-electron chi connectivity index (χ2n) is 12.4. The van der Waals surface area contributed by atoms with E-state index < -0.39 is 95.6 Å². The van der Waals surface area contributed by atoms with Gasteiger partial charge in [0.05, 0.1) is 10.8 Å². The lowest BCUT2D eigenvalue weighted by molar-refractivity contribution is -0.389. The van der Waals surface area contributed by atoms with E-state index in [2.05, 4.69) is 4.74 Å². The van der Waals surface area contributed by atoms with Gasteiger partial charge in [-0.1, -0.05) is 13.8 Å². The molecule has 0 aromatic rings. The molecule has 6 nitrogen and oxygen atoms in total. The first-order chi connectivity index (χ1) is 19.3. The van der Waals surface area contributed by atoms with Gasteiger partial charge in [0.1, 0.15) is 12.7 Å². The Morgan fingerprint density at radius 2 is 1.05 bits per heavy atom. The Balaban J connectivity index is 0.000000459. The summed E-state index contributed by atoms with van der Waals surface area (Å²) in [4.78, 5) is 23.4. The fourth-order valence-electron chi connectivity index (χ4n) is 4.74. The van der Waals surface area contributed by atoms with Crippen molar-refractivity contribution in [1.82, 2.24) is 0 Å². The van der Waals surface area contributed by atoms with Crippen LogP contribution in [0.3, 0.4) is 0 Å². The van der Waals surface area contributed by atoms with Crippen molar-refractivity contribution in [2.75, 3.05) is 6.61 Å². The zero-order chi connectivity index (χ0) is 35.1. The summed E-state index contributed by atoms with van der Waals surface area (Å²) in [5.41, 5.74) is -11.8. The van der Waals surface area contributed by atoms with E-state index in [0.29, 0.717) is 6.42 Å². The van der Waals surface area contributed by atoms with Crippen molar-refractivity contribution in [3.8, 4) is 0 Å². The largest absolute Gasteiger partial charge is 0.462 e. The Morgan fingerprint density at radius 3 is 1.36 bits per heavy atom. The van der Waals surface area contributed by atoms with E-state index in [1.54, 1.807) is 20.8 Å². The van der Waals surface area contributed by atoms with Gasteiger partial charge in [0, 0.05) is 5.92 Å². The van der Waals surface area contributed by atoms with Crippen LogP contribution in [0.15, 0.2) is 0 Å². The third-order valence-electron chi connectivity index (χ3n) is 8.67. The van der Waals surface area contributed by atoms with E-state index in [9.17, 15) is 67.4 Å². The highest BCUT2D eigenvalue weighted by molar-refractivity contribution is 5.76. The standard InChI is InChI=1S/C16H22F6O3.C10H14F6O3/c1-4-13(2,3)12(23)25-11-7-8-5-9(11)6-10(8)14(24,15(17,18)19)16(20,21)22;1-4-7(2,3)6(17)19-5-8(18,9(11,12)13)10(14,15)16/h8-11,24H,4-7H2,1-3H3;18H,4-5H2,1-3H3. The van der Waals surface area contributed by atoms with Crippen molar-refractivity contribution in [1.29, 1.82) is 0 Å². The van der Waals surface area contributed by atoms with E-state index in [-0.39, 0.29) is 19.3 Å². The van der Waals surface area contributed by atoms with Crippen molar-refractivity contribution in [3.63, 3.8) is 0 Å². The van der Waals surface area contributed by atoms with Gasteiger partial charge in [0.2, 0.25) is 0 Å². The highest BCUT2D eigenvalue weighted by atomic mass is 19.4. The lowest BCUT2D eigenvalue weighted by atomic mass is 9.74. The minimum Gasteiger partial charge on any atom is -0.462 e. The molecule has 2 aliphatic rings. The van der Waals surface area contributed by atoms with Gasteiger partial charge >= 0.3 is 36.6 Å². The van der Waals surface area contributed by atoms with E-state index in [1.807, 2.05) is 0 Å². The second-order valence-corrected chi connectivity index (χ2v) is 12.4. The van der Waals surface area contributed by atoms with Crippen LogP contribution in [0, 0.1) is 28.6 Å². The maximum Gasteiger partial charge on any atom is 0.429 e. The molecule has 2 rings (SSSR count). The normalized spacial score (nSPS) is 23.6. The van der Waals surface area contributed by atoms with Crippen LogP contribution in [0.4, 0.5) is 52.7 Å². The number of ether oxygens (including phenoxy) is 2. The lowest BCUT2D eigenvalue weighted by Crippen LogP contribution is -2.63. The average molecular weight is 673 g/mol. The Kier molecular flexibility index (Phi) is 11.5. The summed E-state index contributed by atoms with van der Waals surface area (Å²) < 4.78 is 161. The van der Waals surface area contributed by atoms with Crippen LogP contribution < -0.4 is 0 Å². The van der Waals surface area contributed by atoms with Crippen LogP contribution in [0.5, 0.6) is 0 Å². The molecule has 0 aliphatic heterocycles. The van der Waals surface area contributed by atoms with E-state index in [4.69, 9.17) is 9.84 Å². The maximum atomic E-state index is 13.0. The lowest BCUT2D eigenvalue weighted by Gasteiger charge is -2.42. The van der Waals surface area contributed by atoms with Gasteiger partial charge in [0.25, 0.3) is 11.2 Å². The molecule has 0 aromatic carbocycles. The minimum atomic E-state index is -6.00. The molecule has 4 atom stereocenters. The SMILES string of the molecule is CCC(C)(C)C(=O)OC1CC2CC1CC2C(O)(C(F)(F)F)C(F)(F)F.CCC(C)(C)C(=O)OCC(O)(C(F)(F)F)C(F)(F)F. The van der Waals surface area contributed by atoms with Gasteiger partial charge < -0.3 is 19.7 Å². The Labute approximate surface area is 245 Å². The first-order valence-corrected chi connectivity index (χ1v) is 13.4. The Hall–Kier alpha value is -1.98. The number of carbonyl (C=O) groups is 2. The molecule has 18 heteroatoms. The molecule has 260 valence electrons. The molecule has 0 saturated heterocycles. The van der Waals surface area contributed by atoms with Crippen molar-refractivity contribution < 1.29 is 82.0 Å². The van der Waals surface area contributed by atoms with Gasteiger partial charge in [-0.05, 0) is 71.6 Å². The van der Waals surface area contributed by atoms with Crippen LogP contribution in [0.1, 0.15) is 73.6 Å². The van der Waals surface area contributed by atoms with E-state index in [1.165, 1.54) is 20.8 Å². The number of alkyl halides is 12. The summed E-state index contributed by atoms with van der Waals surface area (Å²) in [6.07, 6.45) is -24.1. The highest BCUT2D eigenvalue weighted by Gasteiger charge is 2.76. The second kappa shape index (κ2) is 12.7. The predicted octanol–water partition coefficient (Wildman–Crippen LogP) is 7.06. The van der Waals surface area contributed by atoms with Crippen LogP contribution >= 0.6 is 0 Å². The Morgan fingerprint density at radius 1 is 0.636 bits per heavy atom. The Bertz CT molecular complexity index is 985. The fourth-order valence-corrected chi connectivity index (χ4v) is 4.74. The molecular formula is C26H36F12O6. The number of aliphatic hydroxyl groups is 2. The van der Waals surface area contributed by atoms with Crippen LogP contribution in [0.2, 0.25) is 0 Å². The van der Waals surface area contributed by atoms with E-state index >= 15 is 0 Å². The molecule has 0 amide bonds. The molecule has 0 spiro atoms. The molecule has 0 radical (unpaired) electrons. The molecular weight excluding hydrogens is 636 g/mol. The molecule has 0 heterocycles. The van der Waals surface area contributed by atoms with Crippen LogP contribution in [-0.4, -0.2) is 70.8 Å². The van der Waals surface area contributed by atoms with Crippen molar-refractivity contribution in [3.05, 3.63) is 0 Å². The molecule has 2 fully saturated rings. The molecule has 2 aliphatic carbocycles. The minimum absolute atomic E-state index is 0.0869. The number of hydrogen-bond donors (Lipinski definition) is 2. The third kappa shape index (κ3) is 7.86. The zero-order valence-corrected chi connectivity index (χ0v) is 24.6. The van der Waals surface area contributed by atoms with Gasteiger partial charge in [0.15, 0.2) is 0 Å². The topological polar surface area (TPSA) is 93.1 Å². The van der Waals surface area contributed by atoms with E-state index in [0.717, 1.165) is 0 Å². The molecule has 2 saturated carbocycles. The summed E-state index contributed by atoms with van der Waals surface area (Å²) >= 11 is 0. The third-order valence-corrected chi connectivity index (χ3v) is 8.67. The van der Waals surface area contributed by atoms with Gasteiger partial charge in [-0.15, -0.1) is 0 Å². The zero-order valence-electron chi connectivity index (χ0n) is 24.6.